The molecule has 1 fully saturated rings. The summed E-state index contributed by atoms with van der Waals surface area (Å²) >= 11 is 0. The molecular weight excluding hydrogens is 605 g/mol. The first-order valence-corrected chi connectivity index (χ1v) is 14.9. The van der Waals surface area contributed by atoms with E-state index in [1.54, 1.807) is 23.8 Å². The molecule has 1 aliphatic heterocycles. The fourth-order valence-electron chi connectivity index (χ4n) is 6.01. The van der Waals surface area contributed by atoms with Crippen LogP contribution in [0.1, 0.15) is 43.5 Å². The molecule has 9 nitrogen and oxygen atoms in total. The maximum Gasteiger partial charge on any atom is 0.586 e. The number of amides is 1. The maximum absolute atomic E-state index is 16.0. The van der Waals surface area contributed by atoms with Crippen LogP contribution < -0.4 is 19.1 Å². The largest absolute Gasteiger partial charge is 0.586 e. The van der Waals surface area contributed by atoms with Crippen LogP contribution in [0.2, 0.25) is 0 Å². The molecule has 46 heavy (non-hydrogen) atoms. The van der Waals surface area contributed by atoms with E-state index in [1.807, 2.05) is 44.2 Å². The first-order chi connectivity index (χ1) is 21.9. The highest BCUT2D eigenvalue weighted by Gasteiger charge is 2.52. The third-order valence-electron chi connectivity index (χ3n) is 8.68. The second-order valence-corrected chi connectivity index (χ2v) is 12.4. The molecule has 1 atom stereocenters. The van der Waals surface area contributed by atoms with Crippen molar-refractivity contribution in [2.24, 2.45) is 0 Å². The number of alkyl halides is 2. The van der Waals surface area contributed by atoms with Crippen LogP contribution in [0, 0.1) is 5.82 Å². The van der Waals surface area contributed by atoms with Gasteiger partial charge in [0.05, 0.1) is 56.3 Å². The lowest BCUT2D eigenvalue weighted by Gasteiger charge is -2.29. The predicted molar refractivity (Wildman–Crippen MR) is 163 cm³/mol. The van der Waals surface area contributed by atoms with Crippen LogP contribution in [-0.4, -0.2) is 53.9 Å². The van der Waals surface area contributed by atoms with E-state index in [0.717, 1.165) is 11.3 Å². The Kier molecular flexibility index (Phi) is 8.16. The van der Waals surface area contributed by atoms with Crippen LogP contribution >= 0.6 is 0 Å². The molecule has 2 heterocycles. The van der Waals surface area contributed by atoms with Gasteiger partial charge in [-0.1, -0.05) is 32.0 Å². The zero-order valence-electron chi connectivity index (χ0n) is 25.6. The number of methoxy groups -OCH3 is 1. The number of carbonyl (C=O) groups excluding carboxylic acids is 1. The molecule has 0 unspecified atom stereocenters. The van der Waals surface area contributed by atoms with Crippen LogP contribution in [0.5, 0.6) is 17.2 Å². The van der Waals surface area contributed by atoms with Gasteiger partial charge in [-0.05, 0) is 60.4 Å². The molecule has 2 aliphatic rings. The Labute approximate surface area is 263 Å². The zero-order chi connectivity index (χ0) is 32.9. The number of anilines is 1. The second kappa shape index (κ2) is 11.8. The Balaban J connectivity index is 1.28. The number of carbonyl (C=O) groups is 1. The van der Waals surface area contributed by atoms with Gasteiger partial charge in [0.25, 0.3) is 0 Å². The lowest BCUT2D eigenvalue weighted by atomic mass is 9.90. The molecule has 4 aromatic rings. The lowest BCUT2D eigenvalue weighted by Crippen LogP contribution is -2.35. The molecule has 0 spiro atoms. The van der Waals surface area contributed by atoms with Crippen molar-refractivity contribution in [3.8, 4) is 17.2 Å². The summed E-state index contributed by atoms with van der Waals surface area (Å²) in [4.78, 5) is 13.8. The molecule has 1 amide bonds. The van der Waals surface area contributed by atoms with Crippen molar-refractivity contribution < 1.29 is 47.1 Å². The number of ether oxygens (including phenoxy) is 4. The van der Waals surface area contributed by atoms with Gasteiger partial charge >= 0.3 is 6.29 Å². The number of hydrogen-bond acceptors (Lipinski definition) is 7. The van der Waals surface area contributed by atoms with Crippen molar-refractivity contribution >= 4 is 23.0 Å². The first kappa shape index (κ1) is 31.7. The number of aliphatic hydroxyl groups is 2. The number of aliphatic hydroxyl groups excluding tert-OH is 2. The number of nitrogens with zero attached hydrogens (tertiary/aromatic N) is 2. The summed E-state index contributed by atoms with van der Waals surface area (Å²) < 4.78 is 65.1. The molecule has 244 valence electrons. The SMILES string of the molecule is COc1ccc(COC[C@H](O)Cn2c(C(C)(C)CO)cc3cc(N(C=O)C4(c5ccc6c(c5)OC(F)(F)O6)CC4)c(F)cc32)cc1. The summed E-state index contributed by atoms with van der Waals surface area (Å²) in [6.07, 6.45) is -3.25. The minimum Gasteiger partial charge on any atom is -0.497 e. The van der Waals surface area contributed by atoms with Crippen molar-refractivity contribution in [2.75, 3.05) is 25.2 Å². The molecule has 2 N–H and O–H groups in total. The van der Waals surface area contributed by atoms with E-state index in [-0.39, 0.29) is 43.6 Å². The third-order valence-corrected chi connectivity index (χ3v) is 8.68. The average molecular weight is 641 g/mol. The quantitative estimate of drug-likeness (QED) is 0.183. The van der Waals surface area contributed by atoms with Gasteiger partial charge in [0.2, 0.25) is 6.41 Å². The van der Waals surface area contributed by atoms with Gasteiger partial charge in [-0.25, -0.2) is 4.39 Å². The predicted octanol–water partition coefficient (Wildman–Crippen LogP) is 5.61. The van der Waals surface area contributed by atoms with E-state index in [9.17, 15) is 23.8 Å². The molecule has 3 aromatic carbocycles. The monoisotopic (exact) mass is 640 g/mol. The molecule has 1 saturated carbocycles. The molecule has 0 radical (unpaired) electrons. The highest BCUT2D eigenvalue weighted by molar-refractivity contribution is 5.90. The van der Waals surface area contributed by atoms with Crippen molar-refractivity contribution in [1.82, 2.24) is 4.57 Å². The summed E-state index contributed by atoms with van der Waals surface area (Å²) in [6.45, 7) is 3.80. The second-order valence-electron chi connectivity index (χ2n) is 12.4. The van der Waals surface area contributed by atoms with Crippen molar-refractivity contribution in [1.29, 1.82) is 0 Å². The lowest BCUT2D eigenvalue weighted by molar-refractivity contribution is -0.286. The highest BCUT2D eigenvalue weighted by Crippen LogP contribution is 2.55. The smallest absolute Gasteiger partial charge is 0.497 e. The van der Waals surface area contributed by atoms with E-state index >= 15 is 4.39 Å². The van der Waals surface area contributed by atoms with Crippen LogP contribution in [0.15, 0.2) is 60.7 Å². The Morgan fingerprint density at radius 3 is 2.43 bits per heavy atom. The molecule has 1 aliphatic carbocycles. The summed E-state index contributed by atoms with van der Waals surface area (Å²) in [5.41, 5.74) is 0.839. The number of hydrogen-bond donors (Lipinski definition) is 2. The van der Waals surface area contributed by atoms with Gasteiger partial charge < -0.3 is 38.6 Å². The van der Waals surface area contributed by atoms with Crippen molar-refractivity contribution in [2.45, 2.75) is 63.2 Å². The Morgan fingerprint density at radius 1 is 1.07 bits per heavy atom. The number of aromatic nitrogens is 1. The molecule has 12 heteroatoms. The first-order valence-electron chi connectivity index (χ1n) is 14.9. The van der Waals surface area contributed by atoms with Gasteiger partial charge in [0, 0.05) is 22.6 Å². The van der Waals surface area contributed by atoms with Crippen LogP contribution in [0.25, 0.3) is 10.9 Å². The third kappa shape index (κ3) is 5.88. The molecular formula is C34H35F3N2O7. The minimum atomic E-state index is -3.79. The fourth-order valence-corrected chi connectivity index (χ4v) is 6.01. The van der Waals surface area contributed by atoms with Crippen LogP contribution in [-0.2, 0) is 33.6 Å². The topological polar surface area (TPSA) is 103 Å². The maximum atomic E-state index is 16.0. The standard InChI is InChI=1S/C34H35F3N2O7/c1-32(2,19-40)31-13-22-12-28(39(20-41)33(10-11-33)23-6-9-29-30(14-23)46-34(36,37)45-29)26(35)15-27(22)38(31)16-24(42)18-44-17-21-4-7-25(43-3)8-5-21/h4-9,12-15,20,24,40,42H,10-11,16-19H2,1-3H3/t24-/m1/s1. The number of halogens is 3. The fraction of sp³-hybridized carbons (Fsp3) is 0.382. The van der Waals surface area contributed by atoms with Gasteiger partial charge in [0.1, 0.15) is 11.6 Å². The molecule has 6 rings (SSSR count). The summed E-state index contributed by atoms with van der Waals surface area (Å²) in [5, 5.41) is 21.7. The molecule has 0 saturated heterocycles. The summed E-state index contributed by atoms with van der Waals surface area (Å²) in [6, 6.07) is 16.4. The van der Waals surface area contributed by atoms with E-state index < -0.39 is 29.2 Å². The van der Waals surface area contributed by atoms with E-state index in [4.69, 9.17) is 9.47 Å². The minimum absolute atomic E-state index is 0.00810. The normalized spacial score (nSPS) is 16.8. The summed E-state index contributed by atoms with van der Waals surface area (Å²) in [7, 11) is 1.59. The number of rotatable bonds is 13. The highest BCUT2D eigenvalue weighted by atomic mass is 19.3. The van der Waals surface area contributed by atoms with Gasteiger partial charge in [-0.2, -0.15) is 0 Å². The molecule has 0 bridgehead atoms. The molecule has 1 aromatic heterocycles. The summed E-state index contributed by atoms with van der Waals surface area (Å²) in [5.74, 6) is -0.240. The van der Waals surface area contributed by atoms with E-state index in [1.165, 1.54) is 23.1 Å². The van der Waals surface area contributed by atoms with Gasteiger partial charge in [-0.3, -0.25) is 4.79 Å². The Bertz CT molecular complexity index is 1750. The van der Waals surface area contributed by atoms with Crippen LogP contribution in [0.4, 0.5) is 18.9 Å². The van der Waals surface area contributed by atoms with Gasteiger partial charge in [0.15, 0.2) is 11.5 Å². The van der Waals surface area contributed by atoms with Gasteiger partial charge in [-0.15, -0.1) is 8.78 Å². The Morgan fingerprint density at radius 2 is 1.78 bits per heavy atom. The number of fused-ring (bicyclic) bond motifs is 2. The number of benzene rings is 3. The average Bonchev–Trinajstić information content (AvgIpc) is 3.65. The van der Waals surface area contributed by atoms with E-state index in [2.05, 4.69) is 9.47 Å². The van der Waals surface area contributed by atoms with E-state index in [0.29, 0.717) is 41.4 Å². The van der Waals surface area contributed by atoms with Crippen molar-refractivity contribution in [3.63, 3.8) is 0 Å². The Hall–Kier alpha value is -4.26. The zero-order valence-corrected chi connectivity index (χ0v) is 25.6. The van der Waals surface area contributed by atoms with Crippen molar-refractivity contribution in [3.05, 3.63) is 83.3 Å². The van der Waals surface area contributed by atoms with Crippen LogP contribution in [0.3, 0.4) is 0 Å².